The van der Waals surface area contributed by atoms with E-state index in [4.69, 9.17) is 10.2 Å². The molecule has 76 valence electrons. The lowest BCUT2D eigenvalue weighted by Crippen LogP contribution is -2.46. The first-order valence-corrected chi connectivity index (χ1v) is 4.75. The van der Waals surface area contributed by atoms with Crippen LogP contribution < -0.4 is 5.73 Å². The van der Waals surface area contributed by atoms with Crippen molar-refractivity contribution in [3.63, 3.8) is 0 Å². The number of amides is 1. The highest BCUT2D eigenvalue weighted by molar-refractivity contribution is 5.77. The minimum Gasteiger partial charge on any atom is -0.467 e. The summed E-state index contributed by atoms with van der Waals surface area (Å²) < 4.78 is 5.29. The first-order chi connectivity index (χ1) is 6.70. The van der Waals surface area contributed by atoms with Crippen LogP contribution in [0.25, 0.3) is 0 Å². The van der Waals surface area contributed by atoms with Gasteiger partial charge in [-0.3, -0.25) is 4.79 Å². The fourth-order valence-electron chi connectivity index (χ4n) is 1.93. The van der Waals surface area contributed by atoms with E-state index in [2.05, 4.69) is 0 Å². The van der Waals surface area contributed by atoms with E-state index in [9.17, 15) is 4.79 Å². The molecule has 0 radical (unpaired) electrons. The van der Waals surface area contributed by atoms with E-state index in [1.54, 1.807) is 18.2 Å². The van der Waals surface area contributed by atoms with Crippen molar-refractivity contribution in [1.29, 1.82) is 0 Å². The van der Waals surface area contributed by atoms with Gasteiger partial charge < -0.3 is 15.1 Å². The molecule has 2 N–H and O–H groups in total. The zero-order valence-corrected chi connectivity index (χ0v) is 8.14. The van der Waals surface area contributed by atoms with Crippen molar-refractivity contribution in [2.75, 3.05) is 7.05 Å². The Hall–Kier alpha value is -1.29. The van der Waals surface area contributed by atoms with Crippen LogP contribution in [0.2, 0.25) is 0 Å². The van der Waals surface area contributed by atoms with Gasteiger partial charge in [0.15, 0.2) is 0 Å². The average molecular weight is 194 g/mol. The Morgan fingerprint density at radius 3 is 3.07 bits per heavy atom. The highest BCUT2D eigenvalue weighted by Crippen LogP contribution is 2.29. The first-order valence-electron chi connectivity index (χ1n) is 4.75. The summed E-state index contributed by atoms with van der Waals surface area (Å²) in [5.41, 5.74) is 5.97. The Bertz CT molecular complexity index is 321. The summed E-state index contributed by atoms with van der Waals surface area (Å²) in [5.74, 6) is 0.904. The molecule has 1 aliphatic heterocycles. The lowest BCUT2D eigenvalue weighted by Gasteiger charge is -2.35. The van der Waals surface area contributed by atoms with Gasteiger partial charge in [0, 0.05) is 19.5 Å². The van der Waals surface area contributed by atoms with Gasteiger partial charge in [0.25, 0.3) is 0 Å². The number of hydrogen-bond donors (Lipinski definition) is 1. The summed E-state index contributed by atoms with van der Waals surface area (Å²) in [4.78, 5) is 13.1. The molecule has 0 aromatic carbocycles. The number of furan rings is 1. The van der Waals surface area contributed by atoms with Crippen molar-refractivity contribution < 1.29 is 9.21 Å². The number of likely N-dealkylation sites (tertiary alicyclic amines) is 1. The Labute approximate surface area is 82.7 Å². The Morgan fingerprint density at radius 2 is 2.43 bits per heavy atom. The van der Waals surface area contributed by atoms with E-state index in [1.165, 1.54) is 0 Å². The van der Waals surface area contributed by atoms with E-state index in [0.29, 0.717) is 6.42 Å². The van der Waals surface area contributed by atoms with Crippen molar-refractivity contribution in [3.8, 4) is 0 Å². The van der Waals surface area contributed by atoms with E-state index in [1.807, 2.05) is 12.1 Å². The lowest BCUT2D eigenvalue weighted by atomic mass is 9.95. The lowest BCUT2D eigenvalue weighted by molar-refractivity contribution is -0.135. The molecule has 4 nitrogen and oxygen atoms in total. The summed E-state index contributed by atoms with van der Waals surface area (Å²) in [6, 6.07) is 3.55. The largest absolute Gasteiger partial charge is 0.467 e. The topological polar surface area (TPSA) is 59.5 Å². The van der Waals surface area contributed by atoms with Gasteiger partial charge in [-0.15, -0.1) is 0 Å². The zero-order valence-electron chi connectivity index (χ0n) is 8.14. The van der Waals surface area contributed by atoms with Crippen LogP contribution in [0.5, 0.6) is 0 Å². The third kappa shape index (κ3) is 1.42. The number of carbonyl (C=O) groups excluding carboxylic acids is 1. The van der Waals surface area contributed by atoms with Crippen LogP contribution in [0.3, 0.4) is 0 Å². The molecule has 0 bridgehead atoms. The number of hydrogen-bond acceptors (Lipinski definition) is 3. The summed E-state index contributed by atoms with van der Waals surface area (Å²) in [6.45, 7) is 0. The van der Waals surface area contributed by atoms with Crippen LogP contribution in [0.4, 0.5) is 0 Å². The van der Waals surface area contributed by atoms with Gasteiger partial charge in [-0.25, -0.2) is 0 Å². The molecule has 0 spiro atoms. The summed E-state index contributed by atoms with van der Waals surface area (Å²) in [5, 5.41) is 0. The number of likely N-dealkylation sites (N-methyl/N-ethyl adjacent to an activating group) is 1. The molecule has 2 atom stereocenters. The van der Waals surface area contributed by atoms with Crippen LogP contribution in [0.1, 0.15) is 24.6 Å². The molecular formula is C10H14N2O2. The normalized spacial score (nSPS) is 28.1. The first kappa shape index (κ1) is 9.27. The second-order valence-corrected chi connectivity index (χ2v) is 3.67. The van der Waals surface area contributed by atoms with Crippen molar-refractivity contribution in [2.45, 2.75) is 24.9 Å². The minimum absolute atomic E-state index is 0.0242. The third-order valence-electron chi connectivity index (χ3n) is 2.74. The predicted molar refractivity (Wildman–Crippen MR) is 51.4 cm³/mol. The van der Waals surface area contributed by atoms with Gasteiger partial charge in [-0.2, -0.15) is 0 Å². The van der Waals surface area contributed by atoms with Crippen molar-refractivity contribution >= 4 is 5.91 Å². The van der Waals surface area contributed by atoms with Gasteiger partial charge in [0.05, 0.1) is 6.26 Å². The number of nitrogens with zero attached hydrogens (tertiary/aromatic N) is 1. The molecule has 1 fully saturated rings. The number of carbonyl (C=O) groups is 1. The van der Waals surface area contributed by atoms with Gasteiger partial charge in [0.1, 0.15) is 11.8 Å². The fourth-order valence-corrected chi connectivity index (χ4v) is 1.93. The van der Waals surface area contributed by atoms with E-state index >= 15 is 0 Å². The SMILES string of the molecule is CN1C(=O)CCC(N)C1c1ccco1. The molecule has 14 heavy (non-hydrogen) atoms. The van der Waals surface area contributed by atoms with Gasteiger partial charge in [0.2, 0.25) is 5.91 Å². The quantitative estimate of drug-likeness (QED) is 0.722. The monoisotopic (exact) mass is 194 g/mol. The van der Waals surface area contributed by atoms with Crippen LogP contribution in [-0.4, -0.2) is 23.9 Å². The van der Waals surface area contributed by atoms with Gasteiger partial charge >= 0.3 is 0 Å². The standard InChI is InChI=1S/C10H14N2O2/c1-12-9(13)5-4-7(11)10(12)8-3-2-6-14-8/h2-3,6-7,10H,4-5,11H2,1H3. The molecule has 1 aromatic heterocycles. The molecule has 0 aliphatic carbocycles. The maximum atomic E-state index is 11.5. The number of rotatable bonds is 1. The summed E-state index contributed by atoms with van der Waals surface area (Å²) in [7, 11) is 1.77. The van der Waals surface area contributed by atoms with E-state index in [0.717, 1.165) is 12.2 Å². The number of nitrogens with two attached hydrogens (primary N) is 1. The van der Waals surface area contributed by atoms with Crippen LogP contribution >= 0.6 is 0 Å². The van der Waals surface area contributed by atoms with Crippen LogP contribution in [-0.2, 0) is 4.79 Å². The van der Waals surface area contributed by atoms with E-state index < -0.39 is 0 Å². The summed E-state index contributed by atoms with van der Waals surface area (Å²) >= 11 is 0. The fraction of sp³-hybridized carbons (Fsp3) is 0.500. The average Bonchev–Trinajstić information content (AvgIpc) is 2.65. The highest BCUT2D eigenvalue weighted by Gasteiger charge is 2.33. The maximum absolute atomic E-state index is 11.5. The second kappa shape index (κ2) is 3.46. The van der Waals surface area contributed by atoms with Gasteiger partial charge in [-0.1, -0.05) is 0 Å². The Kier molecular flexibility index (Phi) is 2.29. The maximum Gasteiger partial charge on any atom is 0.223 e. The molecule has 1 saturated heterocycles. The van der Waals surface area contributed by atoms with E-state index in [-0.39, 0.29) is 18.0 Å². The molecule has 1 aliphatic rings. The molecule has 1 aromatic rings. The molecule has 2 unspecified atom stereocenters. The molecule has 0 saturated carbocycles. The third-order valence-corrected chi connectivity index (χ3v) is 2.74. The Balaban J connectivity index is 2.26. The molecule has 1 amide bonds. The predicted octanol–water partition coefficient (Wildman–Crippen LogP) is 0.900. The second-order valence-electron chi connectivity index (χ2n) is 3.67. The van der Waals surface area contributed by atoms with Crippen molar-refractivity contribution in [1.82, 2.24) is 4.90 Å². The van der Waals surface area contributed by atoms with Crippen molar-refractivity contribution in [2.24, 2.45) is 5.73 Å². The van der Waals surface area contributed by atoms with Gasteiger partial charge in [-0.05, 0) is 18.6 Å². The smallest absolute Gasteiger partial charge is 0.223 e. The van der Waals surface area contributed by atoms with Crippen LogP contribution in [0, 0.1) is 0 Å². The summed E-state index contributed by atoms with van der Waals surface area (Å²) in [6.07, 6.45) is 2.87. The number of piperidine rings is 1. The molecule has 2 rings (SSSR count). The van der Waals surface area contributed by atoms with Crippen LogP contribution in [0.15, 0.2) is 22.8 Å². The zero-order chi connectivity index (χ0) is 10.1. The van der Waals surface area contributed by atoms with Crippen molar-refractivity contribution in [3.05, 3.63) is 24.2 Å². The molecule has 2 heterocycles. The Morgan fingerprint density at radius 1 is 1.64 bits per heavy atom. The molecule has 4 heteroatoms. The highest BCUT2D eigenvalue weighted by atomic mass is 16.3. The molecular weight excluding hydrogens is 180 g/mol. The minimum atomic E-state index is -0.105.